The molecule has 0 atom stereocenters. The summed E-state index contributed by atoms with van der Waals surface area (Å²) in [4.78, 5) is 7.01. The van der Waals surface area contributed by atoms with Gasteiger partial charge in [0.1, 0.15) is 0 Å². The summed E-state index contributed by atoms with van der Waals surface area (Å²) in [6.07, 6.45) is 3.10. The smallest absolute Gasteiger partial charge is 0.241 e. The molecular formula is C12H15N3O2S. The molecule has 0 spiro atoms. The normalized spacial score (nSPS) is 11.7. The molecule has 0 amide bonds. The van der Waals surface area contributed by atoms with E-state index in [9.17, 15) is 8.42 Å². The average molecular weight is 265 g/mol. The van der Waals surface area contributed by atoms with E-state index in [2.05, 4.69) is 14.7 Å². The van der Waals surface area contributed by atoms with Crippen molar-refractivity contribution in [3.8, 4) is 0 Å². The van der Waals surface area contributed by atoms with Crippen molar-refractivity contribution in [2.75, 3.05) is 0 Å². The van der Waals surface area contributed by atoms with Crippen molar-refractivity contribution in [1.82, 2.24) is 14.7 Å². The predicted octanol–water partition coefficient (Wildman–Crippen LogP) is 1.51. The lowest BCUT2D eigenvalue weighted by Gasteiger charge is -2.09. The quantitative estimate of drug-likeness (QED) is 0.879. The van der Waals surface area contributed by atoms with E-state index in [1.807, 2.05) is 13.0 Å². The SMILES string of the molecule is Cc1ccc(C)c(S(=O)(=O)NCc2cnc[nH]2)c1. The van der Waals surface area contributed by atoms with Crippen LogP contribution in [0.4, 0.5) is 0 Å². The van der Waals surface area contributed by atoms with Crippen molar-refractivity contribution in [2.24, 2.45) is 0 Å². The fraction of sp³-hybridized carbons (Fsp3) is 0.250. The number of imidazole rings is 1. The predicted molar refractivity (Wildman–Crippen MR) is 68.5 cm³/mol. The Bertz CT molecular complexity index is 633. The Morgan fingerprint density at radius 2 is 2.11 bits per heavy atom. The van der Waals surface area contributed by atoms with Crippen LogP contribution in [-0.4, -0.2) is 18.4 Å². The van der Waals surface area contributed by atoms with E-state index < -0.39 is 10.0 Å². The summed E-state index contributed by atoms with van der Waals surface area (Å²) in [7, 11) is -3.49. The summed E-state index contributed by atoms with van der Waals surface area (Å²) in [5, 5.41) is 0. The van der Waals surface area contributed by atoms with Crippen molar-refractivity contribution < 1.29 is 8.42 Å². The molecule has 0 aliphatic carbocycles. The Hall–Kier alpha value is -1.66. The molecule has 0 fully saturated rings. The summed E-state index contributed by atoms with van der Waals surface area (Å²) < 4.78 is 26.9. The van der Waals surface area contributed by atoms with Crippen molar-refractivity contribution >= 4 is 10.0 Å². The van der Waals surface area contributed by atoms with E-state index in [0.29, 0.717) is 4.90 Å². The number of rotatable bonds is 4. The molecule has 6 heteroatoms. The van der Waals surface area contributed by atoms with Crippen LogP contribution < -0.4 is 4.72 Å². The van der Waals surface area contributed by atoms with Gasteiger partial charge in [-0.05, 0) is 31.0 Å². The third-order valence-corrected chi connectivity index (χ3v) is 4.18. The highest BCUT2D eigenvalue weighted by Crippen LogP contribution is 2.16. The zero-order valence-corrected chi connectivity index (χ0v) is 11.1. The van der Waals surface area contributed by atoms with Gasteiger partial charge in [0.25, 0.3) is 0 Å². The number of nitrogens with one attached hydrogen (secondary N) is 2. The minimum atomic E-state index is -3.49. The summed E-state index contributed by atoms with van der Waals surface area (Å²) in [5.41, 5.74) is 2.38. The van der Waals surface area contributed by atoms with Crippen LogP contribution in [0.25, 0.3) is 0 Å². The zero-order valence-electron chi connectivity index (χ0n) is 10.3. The monoisotopic (exact) mass is 265 g/mol. The molecule has 1 heterocycles. The Morgan fingerprint density at radius 3 is 2.78 bits per heavy atom. The number of benzene rings is 1. The average Bonchev–Trinajstić information content (AvgIpc) is 2.83. The van der Waals surface area contributed by atoms with Crippen LogP contribution in [0.1, 0.15) is 16.8 Å². The van der Waals surface area contributed by atoms with Crippen LogP contribution in [0.15, 0.2) is 35.6 Å². The molecule has 1 aromatic carbocycles. The molecule has 0 aliphatic rings. The number of aryl methyl sites for hydroxylation is 2. The minimum Gasteiger partial charge on any atom is -0.347 e. The third kappa shape index (κ3) is 2.77. The Labute approximate surface area is 106 Å². The fourth-order valence-corrected chi connectivity index (χ4v) is 2.96. The first-order chi connectivity index (χ1) is 8.49. The van der Waals surface area contributed by atoms with E-state index in [1.54, 1.807) is 25.3 Å². The van der Waals surface area contributed by atoms with Crippen LogP contribution in [-0.2, 0) is 16.6 Å². The van der Waals surface area contributed by atoms with Crippen molar-refractivity contribution in [1.29, 1.82) is 0 Å². The Kier molecular flexibility index (Phi) is 3.49. The number of nitrogens with zero attached hydrogens (tertiary/aromatic N) is 1. The Balaban J connectivity index is 2.22. The second-order valence-electron chi connectivity index (χ2n) is 4.17. The highest BCUT2D eigenvalue weighted by molar-refractivity contribution is 7.89. The van der Waals surface area contributed by atoms with Crippen LogP contribution >= 0.6 is 0 Å². The number of hydrogen-bond donors (Lipinski definition) is 2. The molecule has 0 unspecified atom stereocenters. The van der Waals surface area contributed by atoms with E-state index in [0.717, 1.165) is 16.8 Å². The van der Waals surface area contributed by atoms with E-state index in [-0.39, 0.29) is 6.54 Å². The van der Waals surface area contributed by atoms with Crippen LogP contribution in [0.3, 0.4) is 0 Å². The first-order valence-corrected chi connectivity index (χ1v) is 7.01. The summed E-state index contributed by atoms with van der Waals surface area (Å²) in [6.45, 7) is 3.85. The van der Waals surface area contributed by atoms with Gasteiger partial charge in [0.2, 0.25) is 10.0 Å². The second kappa shape index (κ2) is 4.91. The van der Waals surface area contributed by atoms with Gasteiger partial charge >= 0.3 is 0 Å². The van der Waals surface area contributed by atoms with Crippen molar-refractivity contribution in [3.05, 3.63) is 47.5 Å². The molecule has 2 N–H and O–H groups in total. The molecular weight excluding hydrogens is 250 g/mol. The maximum absolute atomic E-state index is 12.2. The highest BCUT2D eigenvalue weighted by Gasteiger charge is 2.16. The molecule has 0 saturated heterocycles. The highest BCUT2D eigenvalue weighted by atomic mass is 32.2. The van der Waals surface area contributed by atoms with E-state index in [4.69, 9.17) is 0 Å². The van der Waals surface area contributed by atoms with E-state index in [1.165, 1.54) is 6.33 Å². The lowest BCUT2D eigenvalue weighted by molar-refractivity contribution is 0.580. The van der Waals surface area contributed by atoms with Gasteiger partial charge in [0, 0.05) is 11.9 Å². The minimum absolute atomic E-state index is 0.204. The fourth-order valence-electron chi connectivity index (χ4n) is 1.63. The zero-order chi connectivity index (χ0) is 13.2. The lowest BCUT2D eigenvalue weighted by Crippen LogP contribution is -2.24. The second-order valence-corrected chi connectivity index (χ2v) is 5.91. The van der Waals surface area contributed by atoms with Gasteiger partial charge in [0.15, 0.2) is 0 Å². The maximum Gasteiger partial charge on any atom is 0.241 e. The standard InChI is InChI=1S/C12H15N3O2S/c1-9-3-4-10(2)12(5-9)18(16,17)15-7-11-6-13-8-14-11/h3-6,8,15H,7H2,1-2H3,(H,13,14). The van der Waals surface area contributed by atoms with Crippen molar-refractivity contribution in [3.63, 3.8) is 0 Å². The van der Waals surface area contributed by atoms with Crippen LogP contribution in [0.5, 0.6) is 0 Å². The van der Waals surface area contributed by atoms with Gasteiger partial charge in [-0.1, -0.05) is 12.1 Å². The van der Waals surface area contributed by atoms with Gasteiger partial charge in [-0.3, -0.25) is 0 Å². The molecule has 5 nitrogen and oxygen atoms in total. The number of aromatic amines is 1. The summed E-state index contributed by atoms with van der Waals surface area (Å²) >= 11 is 0. The van der Waals surface area contributed by atoms with Gasteiger partial charge in [-0.15, -0.1) is 0 Å². The van der Waals surface area contributed by atoms with Crippen molar-refractivity contribution in [2.45, 2.75) is 25.3 Å². The van der Waals surface area contributed by atoms with Gasteiger partial charge in [0.05, 0.1) is 17.8 Å². The topological polar surface area (TPSA) is 74.8 Å². The third-order valence-electron chi connectivity index (χ3n) is 2.64. The summed E-state index contributed by atoms with van der Waals surface area (Å²) in [6, 6.07) is 5.37. The molecule has 2 rings (SSSR count). The molecule has 0 saturated carbocycles. The Morgan fingerprint density at radius 1 is 1.33 bits per heavy atom. The first-order valence-electron chi connectivity index (χ1n) is 5.53. The first kappa shape index (κ1) is 12.8. The molecule has 0 bridgehead atoms. The van der Waals surface area contributed by atoms with Gasteiger partial charge in [-0.25, -0.2) is 18.1 Å². The summed E-state index contributed by atoms with van der Waals surface area (Å²) in [5.74, 6) is 0. The molecule has 0 aliphatic heterocycles. The maximum atomic E-state index is 12.2. The molecule has 18 heavy (non-hydrogen) atoms. The molecule has 2 aromatic rings. The number of H-pyrrole nitrogens is 1. The molecule has 0 radical (unpaired) electrons. The van der Waals surface area contributed by atoms with Crippen LogP contribution in [0, 0.1) is 13.8 Å². The van der Waals surface area contributed by atoms with Gasteiger partial charge < -0.3 is 4.98 Å². The molecule has 1 aromatic heterocycles. The number of sulfonamides is 1. The largest absolute Gasteiger partial charge is 0.347 e. The van der Waals surface area contributed by atoms with Crippen LogP contribution in [0.2, 0.25) is 0 Å². The number of hydrogen-bond acceptors (Lipinski definition) is 3. The molecule has 96 valence electrons. The lowest BCUT2D eigenvalue weighted by atomic mass is 10.2. The van der Waals surface area contributed by atoms with E-state index >= 15 is 0 Å². The van der Waals surface area contributed by atoms with Gasteiger partial charge in [-0.2, -0.15) is 0 Å². The number of aromatic nitrogens is 2.